The Kier molecular flexibility index (Phi) is 6.13. The van der Waals surface area contributed by atoms with Gasteiger partial charge in [0.2, 0.25) is 0 Å². The van der Waals surface area contributed by atoms with Crippen molar-refractivity contribution in [2.75, 3.05) is 0 Å². The molecule has 22 heavy (non-hydrogen) atoms. The fourth-order valence-corrected chi connectivity index (χ4v) is 2.06. The Balaban J connectivity index is 1.88. The van der Waals surface area contributed by atoms with Gasteiger partial charge in [-0.25, -0.2) is 4.79 Å². The molecule has 0 bridgehead atoms. The number of carboxylic acid groups (broad SMARTS) is 1. The van der Waals surface area contributed by atoms with Crippen LogP contribution in [0.5, 0.6) is 0 Å². The van der Waals surface area contributed by atoms with E-state index in [0.29, 0.717) is 6.61 Å². The highest BCUT2D eigenvalue weighted by Crippen LogP contribution is 2.11. The average molecular weight is 300 g/mol. The van der Waals surface area contributed by atoms with Crippen LogP contribution in [0.3, 0.4) is 0 Å². The van der Waals surface area contributed by atoms with Crippen molar-refractivity contribution in [3.63, 3.8) is 0 Å². The van der Waals surface area contributed by atoms with Crippen LogP contribution in [0.4, 0.5) is 0 Å². The minimum absolute atomic E-state index is 0.247. The number of hydrogen-bond acceptors (Lipinski definition) is 3. The van der Waals surface area contributed by atoms with Crippen molar-refractivity contribution in [1.29, 1.82) is 0 Å². The highest BCUT2D eigenvalue weighted by atomic mass is 16.6. The third kappa shape index (κ3) is 4.98. The van der Waals surface area contributed by atoms with Gasteiger partial charge in [0.1, 0.15) is 0 Å². The maximum atomic E-state index is 11.4. The summed E-state index contributed by atoms with van der Waals surface area (Å²) in [7, 11) is 0. The number of ether oxygens (including phenoxy) is 2. The summed E-state index contributed by atoms with van der Waals surface area (Å²) in [6.07, 6.45) is -1.54. The Hall–Kier alpha value is -2.17. The molecule has 2 rings (SSSR count). The fourth-order valence-electron chi connectivity index (χ4n) is 2.06. The van der Waals surface area contributed by atoms with Gasteiger partial charge in [-0.05, 0) is 18.1 Å². The molecule has 0 radical (unpaired) electrons. The molecule has 0 saturated heterocycles. The van der Waals surface area contributed by atoms with Gasteiger partial charge < -0.3 is 14.6 Å². The first kappa shape index (κ1) is 16.2. The average Bonchev–Trinajstić information content (AvgIpc) is 2.55. The first-order valence-corrected chi connectivity index (χ1v) is 7.20. The number of hydrogen-bond donors (Lipinski definition) is 1. The second-order valence-electron chi connectivity index (χ2n) is 5.06. The molecule has 1 N–H and O–H groups in total. The minimum atomic E-state index is -1.02. The van der Waals surface area contributed by atoms with E-state index in [4.69, 9.17) is 9.47 Å². The van der Waals surface area contributed by atoms with E-state index >= 15 is 0 Å². The lowest BCUT2D eigenvalue weighted by molar-refractivity contribution is -0.163. The number of carbonyl (C=O) groups is 1. The SMILES string of the molecule is CC(OCc1ccccc1)C(OCc1ccccc1)C(=O)O. The van der Waals surface area contributed by atoms with Crippen LogP contribution in [0.2, 0.25) is 0 Å². The molecule has 0 spiro atoms. The van der Waals surface area contributed by atoms with Crippen molar-refractivity contribution in [3.05, 3.63) is 71.8 Å². The topological polar surface area (TPSA) is 55.8 Å². The summed E-state index contributed by atoms with van der Waals surface area (Å²) < 4.78 is 11.1. The van der Waals surface area contributed by atoms with E-state index in [1.165, 1.54) is 0 Å². The summed E-state index contributed by atoms with van der Waals surface area (Å²) in [5.41, 5.74) is 1.94. The third-order valence-corrected chi connectivity index (χ3v) is 3.30. The highest BCUT2D eigenvalue weighted by Gasteiger charge is 2.26. The van der Waals surface area contributed by atoms with Crippen molar-refractivity contribution in [1.82, 2.24) is 0 Å². The molecular weight excluding hydrogens is 280 g/mol. The largest absolute Gasteiger partial charge is 0.479 e. The van der Waals surface area contributed by atoms with Crippen LogP contribution in [0, 0.1) is 0 Å². The van der Waals surface area contributed by atoms with Gasteiger partial charge in [-0.1, -0.05) is 60.7 Å². The number of benzene rings is 2. The maximum Gasteiger partial charge on any atom is 0.335 e. The molecule has 0 aliphatic heterocycles. The first-order valence-electron chi connectivity index (χ1n) is 7.20. The van der Waals surface area contributed by atoms with Crippen LogP contribution >= 0.6 is 0 Å². The normalized spacial score (nSPS) is 13.5. The molecule has 2 aromatic rings. The van der Waals surface area contributed by atoms with E-state index in [1.807, 2.05) is 60.7 Å². The van der Waals surface area contributed by atoms with Gasteiger partial charge in [-0.2, -0.15) is 0 Å². The summed E-state index contributed by atoms with van der Waals surface area (Å²) in [5.74, 6) is -1.02. The number of rotatable bonds is 8. The molecule has 0 amide bonds. The van der Waals surface area contributed by atoms with Gasteiger partial charge >= 0.3 is 5.97 Å². The Morgan fingerprint density at radius 2 is 1.36 bits per heavy atom. The Morgan fingerprint density at radius 3 is 1.82 bits per heavy atom. The second-order valence-corrected chi connectivity index (χ2v) is 5.06. The van der Waals surface area contributed by atoms with Crippen molar-refractivity contribution in [2.45, 2.75) is 32.3 Å². The molecule has 0 fully saturated rings. The lowest BCUT2D eigenvalue weighted by Crippen LogP contribution is -2.36. The molecule has 0 aliphatic carbocycles. The van der Waals surface area contributed by atoms with Crippen molar-refractivity contribution in [2.24, 2.45) is 0 Å². The summed E-state index contributed by atoms with van der Waals surface area (Å²) in [4.78, 5) is 11.4. The molecule has 4 nitrogen and oxygen atoms in total. The smallest absolute Gasteiger partial charge is 0.335 e. The van der Waals surface area contributed by atoms with E-state index in [0.717, 1.165) is 11.1 Å². The molecule has 0 aliphatic rings. The zero-order valence-electron chi connectivity index (χ0n) is 12.5. The quantitative estimate of drug-likeness (QED) is 0.813. The Morgan fingerprint density at radius 1 is 0.909 bits per heavy atom. The maximum absolute atomic E-state index is 11.4. The van der Waals surface area contributed by atoms with Crippen molar-refractivity contribution in [3.8, 4) is 0 Å². The van der Waals surface area contributed by atoms with Crippen molar-refractivity contribution >= 4 is 5.97 Å². The van der Waals surface area contributed by atoms with Gasteiger partial charge in [0.15, 0.2) is 6.10 Å². The first-order chi connectivity index (χ1) is 10.7. The molecule has 2 atom stereocenters. The van der Waals surface area contributed by atoms with Crippen LogP contribution in [-0.4, -0.2) is 23.3 Å². The van der Waals surface area contributed by atoms with Crippen LogP contribution < -0.4 is 0 Å². The minimum Gasteiger partial charge on any atom is -0.479 e. The van der Waals surface area contributed by atoms with Crippen LogP contribution in [0.1, 0.15) is 18.1 Å². The summed E-state index contributed by atoms with van der Waals surface area (Å²) in [5, 5.41) is 9.31. The van der Waals surface area contributed by atoms with Gasteiger partial charge in [0.25, 0.3) is 0 Å². The summed E-state index contributed by atoms with van der Waals surface area (Å²) in [6, 6.07) is 19.1. The number of aliphatic carboxylic acids is 1. The Bertz CT molecular complexity index is 568. The predicted molar refractivity (Wildman–Crippen MR) is 83.3 cm³/mol. The summed E-state index contributed by atoms with van der Waals surface area (Å²) in [6.45, 7) is 2.32. The lowest BCUT2D eigenvalue weighted by Gasteiger charge is -2.21. The van der Waals surface area contributed by atoms with E-state index in [2.05, 4.69) is 0 Å². The molecule has 116 valence electrons. The molecule has 2 aromatic carbocycles. The zero-order chi connectivity index (χ0) is 15.8. The fraction of sp³-hybridized carbons (Fsp3) is 0.278. The number of carboxylic acids is 1. The van der Waals surface area contributed by atoms with E-state index in [1.54, 1.807) is 6.92 Å². The standard InChI is InChI=1S/C18H20O4/c1-14(21-12-15-8-4-2-5-9-15)17(18(19)20)22-13-16-10-6-3-7-11-16/h2-11,14,17H,12-13H2,1H3,(H,19,20). The monoisotopic (exact) mass is 300 g/mol. The molecule has 0 aromatic heterocycles. The van der Waals surface area contributed by atoms with Crippen LogP contribution in [-0.2, 0) is 27.5 Å². The van der Waals surface area contributed by atoms with Gasteiger partial charge in [0, 0.05) is 0 Å². The second kappa shape index (κ2) is 8.32. The molecule has 0 saturated carbocycles. The molecule has 2 unspecified atom stereocenters. The molecular formula is C18H20O4. The highest BCUT2D eigenvalue weighted by molar-refractivity contribution is 5.73. The van der Waals surface area contributed by atoms with Gasteiger partial charge in [-0.15, -0.1) is 0 Å². The molecule has 0 heterocycles. The lowest BCUT2D eigenvalue weighted by atomic mass is 10.2. The molecule has 4 heteroatoms. The van der Waals surface area contributed by atoms with Crippen molar-refractivity contribution < 1.29 is 19.4 Å². The van der Waals surface area contributed by atoms with Crippen LogP contribution in [0.15, 0.2) is 60.7 Å². The predicted octanol–water partition coefficient (Wildman–Crippen LogP) is 3.26. The third-order valence-electron chi connectivity index (χ3n) is 3.30. The van der Waals surface area contributed by atoms with E-state index in [-0.39, 0.29) is 6.61 Å². The zero-order valence-corrected chi connectivity index (χ0v) is 12.5. The van der Waals surface area contributed by atoms with Crippen LogP contribution in [0.25, 0.3) is 0 Å². The van der Waals surface area contributed by atoms with E-state index < -0.39 is 18.2 Å². The van der Waals surface area contributed by atoms with Gasteiger partial charge in [-0.3, -0.25) is 0 Å². The summed E-state index contributed by atoms with van der Waals surface area (Å²) >= 11 is 0. The van der Waals surface area contributed by atoms with Gasteiger partial charge in [0.05, 0.1) is 19.3 Å². The Labute approximate surface area is 130 Å². The van der Waals surface area contributed by atoms with E-state index in [9.17, 15) is 9.90 Å².